The monoisotopic (exact) mass is 253 g/mol. The minimum atomic E-state index is -0.524. The second-order valence-electron chi connectivity index (χ2n) is 4.24. The van der Waals surface area contributed by atoms with E-state index in [0.717, 1.165) is 12.1 Å². The highest BCUT2D eigenvalue weighted by atomic mass is 19.1. The van der Waals surface area contributed by atoms with Gasteiger partial charge in [0.2, 0.25) is 0 Å². The van der Waals surface area contributed by atoms with Crippen molar-refractivity contribution in [1.29, 1.82) is 0 Å². The van der Waals surface area contributed by atoms with E-state index in [4.69, 9.17) is 4.74 Å². The highest BCUT2D eigenvalue weighted by molar-refractivity contribution is 5.74. The Bertz CT molecular complexity index is 407. The lowest BCUT2D eigenvalue weighted by Crippen LogP contribution is -2.46. The van der Waals surface area contributed by atoms with Crippen molar-refractivity contribution in [1.82, 2.24) is 4.90 Å². The normalized spacial score (nSPS) is 20.7. The van der Waals surface area contributed by atoms with Gasteiger partial charge in [0, 0.05) is 19.6 Å². The van der Waals surface area contributed by atoms with Gasteiger partial charge in [-0.3, -0.25) is 4.90 Å². The fourth-order valence-electron chi connectivity index (χ4n) is 1.97. The molecule has 1 aromatic carbocycles. The van der Waals surface area contributed by atoms with Crippen LogP contribution in [0.1, 0.15) is 5.56 Å². The molecule has 1 atom stereocenters. The predicted octanol–water partition coefficient (Wildman–Crippen LogP) is 1.20. The van der Waals surface area contributed by atoms with Crippen LogP contribution in [0.25, 0.3) is 0 Å². The zero-order valence-corrected chi connectivity index (χ0v) is 10.3. The van der Waals surface area contributed by atoms with Gasteiger partial charge in [0.1, 0.15) is 5.82 Å². The molecule has 0 aromatic heterocycles. The standard InChI is InChI=1S/C13H16FNO3/c1-17-13(16)12-9-15(6-7-18-12)8-10-2-4-11(14)5-3-10/h2-5,12H,6-9H2,1H3. The minimum absolute atomic E-state index is 0.242. The van der Waals surface area contributed by atoms with E-state index in [2.05, 4.69) is 9.64 Å². The third-order valence-corrected chi connectivity index (χ3v) is 2.93. The largest absolute Gasteiger partial charge is 0.467 e. The summed E-state index contributed by atoms with van der Waals surface area (Å²) < 4.78 is 22.8. The molecule has 1 unspecified atom stereocenters. The molecule has 1 fully saturated rings. The van der Waals surface area contributed by atoms with Gasteiger partial charge in [-0.15, -0.1) is 0 Å². The summed E-state index contributed by atoms with van der Waals surface area (Å²) in [5, 5.41) is 0. The van der Waals surface area contributed by atoms with Crippen molar-refractivity contribution in [2.75, 3.05) is 26.8 Å². The molecular weight excluding hydrogens is 237 g/mol. The number of halogens is 1. The first kappa shape index (κ1) is 13.0. The van der Waals surface area contributed by atoms with Crippen LogP contribution in [0.5, 0.6) is 0 Å². The molecule has 1 saturated heterocycles. The van der Waals surface area contributed by atoms with Crippen LogP contribution >= 0.6 is 0 Å². The predicted molar refractivity (Wildman–Crippen MR) is 63.4 cm³/mol. The third kappa shape index (κ3) is 3.27. The van der Waals surface area contributed by atoms with Crippen molar-refractivity contribution in [3.05, 3.63) is 35.6 Å². The second-order valence-corrected chi connectivity index (χ2v) is 4.24. The van der Waals surface area contributed by atoms with Gasteiger partial charge in [-0.1, -0.05) is 12.1 Å². The molecule has 18 heavy (non-hydrogen) atoms. The molecule has 0 aliphatic carbocycles. The number of carbonyl (C=O) groups excluding carboxylic acids is 1. The number of rotatable bonds is 3. The Morgan fingerprint density at radius 2 is 2.22 bits per heavy atom. The zero-order valence-electron chi connectivity index (χ0n) is 10.3. The molecule has 0 N–H and O–H groups in total. The number of hydrogen-bond donors (Lipinski definition) is 0. The second kappa shape index (κ2) is 5.93. The van der Waals surface area contributed by atoms with Gasteiger partial charge >= 0.3 is 5.97 Å². The number of carbonyl (C=O) groups is 1. The van der Waals surface area contributed by atoms with Gasteiger partial charge in [-0.05, 0) is 17.7 Å². The van der Waals surface area contributed by atoms with Crippen molar-refractivity contribution in [2.45, 2.75) is 12.6 Å². The number of morpholine rings is 1. The van der Waals surface area contributed by atoms with Crippen LogP contribution in [0.2, 0.25) is 0 Å². The molecular formula is C13H16FNO3. The third-order valence-electron chi connectivity index (χ3n) is 2.93. The van der Waals surface area contributed by atoms with Gasteiger partial charge in [-0.2, -0.15) is 0 Å². The molecule has 5 heteroatoms. The lowest BCUT2D eigenvalue weighted by atomic mass is 10.2. The number of hydrogen-bond acceptors (Lipinski definition) is 4. The number of benzene rings is 1. The van der Waals surface area contributed by atoms with E-state index in [1.165, 1.54) is 19.2 Å². The maximum atomic E-state index is 12.8. The smallest absolute Gasteiger partial charge is 0.336 e. The Hall–Kier alpha value is -1.46. The molecule has 1 heterocycles. The first-order chi connectivity index (χ1) is 8.69. The van der Waals surface area contributed by atoms with E-state index < -0.39 is 6.10 Å². The molecule has 1 aromatic rings. The summed E-state index contributed by atoms with van der Waals surface area (Å²) in [4.78, 5) is 13.5. The summed E-state index contributed by atoms with van der Waals surface area (Å²) in [5.74, 6) is -0.591. The summed E-state index contributed by atoms with van der Waals surface area (Å²) in [6.07, 6.45) is -0.524. The Labute approximate surface area is 105 Å². The Morgan fingerprint density at radius 3 is 2.89 bits per heavy atom. The van der Waals surface area contributed by atoms with Gasteiger partial charge in [0.25, 0.3) is 0 Å². The highest BCUT2D eigenvalue weighted by Gasteiger charge is 2.27. The fraction of sp³-hybridized carbons (Fsp3) is 0.462. The Balaban J connectivity index is 1.93. The first-order valence-corrected chi connectivity index (χ1v) is 5.85. The van der Waals surface area contributed by atoms with Crippen molar-refractivity contribution >= 4 is 5.97 Å². The van der Waals surface area contributed by atoms with E-state index in [0.29, 0.717) is 19.7 Å². The van der Waals surface area contributed by atoms with Gasteiger partial charge in [0.15, 0.2) is 6.10 Å². The summed E-state index contributed by atoms with van der Waals surface area (Å²) in [6, 6.07) is 6.37. The topological polar surface area (TPSA) is 38.8 Å². The van der Waals surface area contributed by atoms with Crippen LogP contribution in [0, 0.1) is 5.82 Å². The van der Waals surface area contributed by atoms with E-state index in [1.54, 1.807) is 12.1 Å². The summed E-state index contributed by atoms with van der Waals surface area (Å²) in [7, 11) is 1.35. The molecule has 0 bridgehead atoms. The van der Waals surface area contributed by atoms with Crippen LogP contribution in [0.4, 0.5) is 4.39 Å². The summed E-state index contributed by atoms with van der Waals surface area (Å²) in [5.41, 5.74) is 1.02. The number of methoxy groups -OCH3 is 1. The molecule has 98 valence electrons. The maximum absolute atomic E-state index is 12.8. The van der Waals surface area contributed by atoms with Gasteiger partial charge in [-0.25, -0.2) is 9.18 Å². The van der Waals surface area contributed by atoms with Crippen LogP contribution in [0.3, 0.4) is 0 Å². The molecule has 0 saturated carbocycles. The lowest BCUT2D eigenvalue weighted by Gasteiger charge is -2.31. The molecule has 1 aliphatic rings. The van der Waals surface area contributed by atoms with E-state index in [9.17, 15) is 9.18 Å². The molecule has 1 aliphatic heterocycles. The van der Waals surface area contributed by atoms with Crippen LogP contribution in [-0.2, 0) is 20.8 Å². The lowest BCUT2D eigenvalue weighted by molar-refractivity contribution is -0.160. The van der Waals surface area contributed by atoms with Crippen molar-refractivity contribution in [3.63, 3.8) is 0 Å². The minimum Gasteiger partial charge on any atom is -0.467 e. The average Bonchev–Trinajstić information content (AvgIpc) is 2.41. The van der Waals surface area contributed by atoms with Crippen molar-refractivity contribution < 1.29 is 18.7 Å². The molecule has 0 amide bonds. The molecule has 0 radical (unpaired) electrons. The Kier molecular flexibility index (Phi) is 4.28. The Morgan fingerprint density at radius 1 is 1.50 bits per heavy atom. The zero-order chi connectivity index (χ0) is 13.0. The average molecular weight is 253 g/mol. The molecule has 0 spiro atoms. The van der Waals surface area contributed by atoms with E-state index >= 15 is 0 Å². The van der Waals surface area contributed by atoms with E-state index in [1.807, 2.05) is 0 Å². The van der Waals surface area contributed by atoms with Gasteiger partial charge in [0.05, 0.1) is 13.7 Å². The van der Waals surface area contributed by atoms with Crippen LogP contribution < -0.4 is 0 Å². The maximum Gasteiger partial charge on any atom is 0.336 e. The van der Waals surface area contributed by atoms with E-state index in [-0.39, 0.29) is 11.8 Å². The van der Waals surface area contributed by atoms with Crippen molar-refractivity contribution in [2.24, 2.45) is 0 Å². The van der Waals surface area contributed by atoms with Crippen LogP contribution in [0.15, 0.2) is 24.3 Å². The van der Waals surface area contributed by atoms with Crippen molar-refractivity contribution in [3.8, 4) is 0 Å². The highest BCUT2D eigenvalue weighted by Crippen LogP contribution is 2.12. The number of ether oxygens (including phenoxy) is 2. The first-order valence-electron chi connectivity index (χ1n) is 5.85. The van der Waals surface area contributed by atoms with Gasteiger partial charge < -0.3 is 9.47 Å². The molecule has 4 nitrogen and oxygen atoms in total. The number of esters is 1. The number of nitrogens with zero attached hydrogens (tertiary/aromatic N) is 1. The SMILES string of the molecule is COC(=O)C1CN(Cc2ccc(F)cc2)CCO1. The van der Waals surface area contributed by atoms with Crippen LogP contribution in [-0.4, -0.2) is 43.8 Å². The summed E-state index contributed by atoms with van der Waals surface area (Å²) >= 11 is 0. The summed E-state index contributed by atoms with van der Waals surface area (Å²) in [6.45, 7) is 2.44. The quantitative estimate of drug-likeness (QED) is 0.759. The molecule has 2 rings (SSSR count). The fourth-order valence-corrected chi connectivity index (χ4v) is 1.97.